The van der Waals surface area contributed by atoms with Crippen LogP contribution in [-0.2, 0) is 24.0 Å². The standard InChI is InChI=1S/C12H9F2NO5/c1-6(11(17)19-7(2)16)12(18)20-15-10-4-3-8(13)5-9(10)14/h3-5,15H,1H2,2H3. The quantitative estimate of drug-likeness (QED) is 0.297. The lowest BCUT2D eigenvalue weighted by Crippen LogP contribution is -2.21. The number of hydrogen-bond donors (Lipinski definition) is 1. The second-order valence-corrected chi connectivity index (χ2v) is 3.48. The minimum Gasteiger partial charge on any atom is -0.389 e. The van der Waals surface area contributed by atoms with Gasteiger partial charge in [0.05, 0.1) is 0 Å². The number of hydrogen-bond acceptors (Lipinski definition) is 6. The molecule has 0 aromatic heterocycles. The SMILES string of the molecule is C=C(C(=O)ONc1ccc(F)cc1F)C(=O)OC(C)=O. The van der Waals surface area contributed by atoms with Crippen LogP contribution in [-0.4, -0.2) is 17.9 Å². The summed E-state index contributed by atoms with van der Waals surface area (Å²) in [5, 5.41) is 0. The Morgan fingerprint density at radius 2 is 1.85 bits per heavy atom. The molecule has 6 nitrogen and oxygen atoms in total. The first-order valence-electron chi connectivity index (χ1n) is 5.15. The zero-order valence-corrected chi connectivity index (χ0v) is 10.2. The van der Waals surface area contributed by atoms with Crippen molar-refractivity contribution in [2.24, 2.45) is 0 Å². The van der Waals surface area contributed by atoms with Crippen LogP contribution in [0.25, 0.3) is 0 Å². The Morgan fingerprint density at radius 3 is 2.40 bits per heavy atom. The van der Waals surface area contributed by atoms with E-state index in [9.17, 15) is 23.2 Å². The first kappa shape index (κ1) is 15.3. The lowest BCUT2D eigenvalue weighted by atomic mass is 10.3. The fourth-order valence-corrected chi connectivity index (χ4v) is 1.01. The third kappa shape index (κ3) is 4.16. The van der Waals surface area contributed by atoms with Crippen LogP contribution in [0.4, 0.5) is 14.5 Å². The van der Waals surface area contributed by atoms with Gasteiger partial charge >= 0.3 is 17.9 Å². The Bertz CT molecular complexity index is 585. The number of anilines is 1. The summed E-state index contributed by atoms with van der Waals surface area (Å²) in [4.78, 5) is 37.3. The topological polar surface area (TPSA) is 81.7 Å². The van der Waals surface area contributed by atoms with E-state index >= 15 is 0 Å². The predicted molar refractivity (Wildman–Crippen MR) is 62.0 cm³/mol. The van der Waals surface area contributed by atoms with Crippen LogP contribution >= 0.6 is 0 Å². The summed E-state index contributed by atoms with van der Waals surface area (Å²) in [5.41, 5.74) is 0.790. The lowest BCUT2D eigenvalue weighted by molar-refractivity contribution is -0.156. The molecule has 106 valence electrons. The molecule has 1 aromatic rings. The van der Waals surface area contributed by atoms with Crippen LogP contribution in [0.5, 0.6) is 0 Å². The van der Waals surface area contributed by atoms with Crippen LogP contribution in [0, 0.1) is 11.6 Å². The Balaban J connectivity index is 2.61. The number of benzene rings is 1. The number of carbonyl (C=O) groups is 3. The molecule has 1 rings (SSSR count). The Kier molecular flexibility index (Phi) is 4.90. The van der Waals surface area contributed by atoms with Gasteiger partial charge in [-0.25, -0.2) is 23.9 Å². The Labute approximate surface area is 111 Å². The smallest absolute Gasteiger partial charge is 0.369 e. The highest BCUT2D eigenvalue weighted by Crippen LogP contribution is 2.15. The summed E-state index contributed by atoms with van der Waals surface area (Å²) in [6.45, 7) is 4.02. The van der Waals surface area contributed by atoms with E-state index in [1.807, 2.05) is 5.48 Å². The van der Waals surface area contributed by atoms with E-state index in [1.165, 1.54) is 0 Å². The van der Waals surface area contributed by atoms with E-state index in [1.54, 1.807) is 0 Å². The second-order valence-electron chi connectivity index (χ2n) is 3.48. The molecule has 0 saturated carbocycles. The van der Waals surface area contributed by atoms with E-state index in [-0.39, 0.29) is 5.69 Å². The highest BCUT2D eigenvalue weighted by atomic mass is 19.1. The molecule has 0 aliphatic heterocycles. The first-order valence-corrected chi connectivity index (χ1v) is 5.15. The van der Waals surface area contributed by atoms with Gasteiger partial charge in [-0.05, 0) is 12.1 Å². The minimum atomic E-state index is -1.29. The van der Waals surface area contributed by atoms with E-state index in [4.69, 9.17) is 0 Å². The lowest BCUT2D eigenvalue weighted by Gasteiger charge is -2.08. The maximum absolute atomic E-state index is 13.2. The van der Waals surface area contributed by atoms with Crippen molar-refractivity contribution in [3.8, 4) is 0 Å². The van der Waals surface area contributed by atoms with E-state index < -0.39 is 35.1 Å². The molecule has 0 spiro atoms. The van der Waals surface area contributed by atoms with Crippen molar-refractivity contribution in [2.45, 2.75) is 6.92 Å². The summed E-state index contributed by atoms with van der Waals surface area (Å²) in [6, 6.07) is 2.47. The van der Waals surface area contributed by atoms with Gasteiger partial charge in [0, 0.05) is 13.0 Å². The third-order valence-electron chi connectivity index (χ3n) is 1.91. The number of halogens is 2. The second kappa shape index (κ2) is 6.41. The molecule has 0 heterocycles. The zero-order chi connectivity index (χ0) is 15.3. The average Bonchev–Trinajstić information content (AvgIpc) is 2.35. The Morgan fingerprint density at radius 1 is 1.20 bits per heavy atom. The number of esters is 2. The van der Waals surface area contributed by atoms with Crippen LogP contribution in [0.1, 0.15) is 6.92 Å². The van der Waals surface area contributed by atoms with Crippen molar-refractivity contribution < 1.29 is 32.7 Å². The molecule has 0 radical (unpaired) electrons. The van der Waals surface area contributed by atoms with Crippen molar-refractivity contribution in [3.63, 3.8) is 0 Å². The predicted octanol–water partition coefficient (Wildman–Crippen LogP) is 1.48. The van der Waals surface area contributed by atoms with Crippen molar-refractivity contribution >= 4 is 23.6 Å². The van der Waals surface area contributed by atoms with Gasteiger partial charge in [-0.15, -0.1) is 0 Å². The normalized spacial score (nSPS) is 9.55. The number of rotatable bonds is 4. The fourth-order valence-electron chi connectivity index (χ4n) is 1.01. The molecule has 0 unspecified atom stereocenters. The molecule has 1 N–H and O–H groups in total. The molecule has 8 heteroatoms. The molecule has 20 heavy (non-hydrogen) atoms. The molecule has 0 amide bonds. The molecule has 0 bridgehead atoms. The number of ether oxygens (including phenoxy) is 1. The average molecular weight is 285 g/mol. The summed E-state index contributed by atoms with van der Waals surface area (Å²) >= 11 is 0. The van der Waals surface area contributed by atoms with E-state index in [0.29, 0.717) is 6.07 Å². The largest absolute Gasteiger partial charge is 0.389 e. The van der Waals surface area contributed by atoms with Crippen molar-refractivity contribution in [2.75, 3.05) is 5.48 Å². The molecule has 0 fully saturated rings. The van der Waals surface area contributed by atoms with Gasteiger partial charge in [-0.3, -0.25) is 4.79 Å². The maximum Gasteiger partial charge on any atom is 0.369 e. The minimum absolute atomic E-state index is 0.326. The van der Waals surface area contributed by atoms with Gasteiger partial charge in [0.15, 0.2) is 5.82 Å². The maximum atomic E-state index is 13.2. The monoisotopic (exact) mass is 285 g/mol. The van der Waals surface area contributed by atoms with Gasteiger partial charge in [0.25, 0.3) is 0 Å². The van der Waals surface area contributed by atoms with Gasteiger partial charge in [-0.1, -0.05) is 6.58 Å². The van der Waals surface area contributed by atoms with Crippen molar-refractivity contribution in [1.29, 1.82) is 0 Å². The van der Waals surface area contributed by atoms with Gasteiger partial charge in [0.1, 0.15) is 17.1 Å². The summed E-state index contributed by atoms with van der Waals surface area (Å²) in [6.07, 6.45) is 0. The number of nitrogens with one attached hydrogen (secondary N) is 1. The molecule has 0 saturated heterocycles. The molecule has 0 aliphatic rings. The molecule has 1 aromatic carbocycles. The Hall–Kier alpha value is -2.77. The van der Waals surface area contributed by atoms with Crippen LogP contribution in [0.2, 0.25) is 0 Å². The van der Waals surface area contributed by atoms with E-state index in [2.05, 4.69) is 16.2 Å². The van der Waals surface area contributed by atoms with Gasteiger partial charge in [0.2, 0.25) is 0 Å². The van der Waals surface area contributed by atoms with E-state index in [0.717, 1.165) is 19.1 Å². The molecule has 0 atom stereocenters. The molecule has 0 aliphatic carbocycles. The zero-order valence-electron chi connectivity index (χ0n) is 10.2. The van der Waals surface area contributed by atoms with Crippen molar-refractivity contribution in [1.82, 2.24) is 0 Å². The number of carbonyl (C=O) groups excluding carboxylic acids is 3. The fraction of sp³-hybridized carbons (Fsp3) is 0.0833. The highest BCUT2D eigenvalue weighted by molar-refractivity contribution is 6.15. The van der Waals surface area contributed by atoms with Crippen LogP contribution in [0.3, 0.4) is 0 Å². The first-order chi connectivity index (χ1) is 9.31. The molecular weight excluding hydrogens is 276 g/mol. The summed E-state index contributed by atoms with van der Waals surface area (Å²) in [5.74, 6) is -5.31. The summed E-state index contributed by atoms with van der Waals surface area (Å²) < 4.78 is 29.9. The van der Waals surface area contributed by atoms with Crippen molar-refractivity contribution in [3.05, 3.63) is 42.0 Å². The third-order valence-corrected chi connectivity index (χ3v) is 1.91. The highest BCUT2D eigenvalue weighted by Gasteiger charge is 2.21. The molecular formula is C12H9F2NO5. The van der Waals surface area contributed by atoms with Gasteiger partial charge < -0.3 is 9.57 Å². The van der Waals surface area contributed by atoms with Gasteiger partial charge in [-0.2, -0.15) is 0 Å². The van der Waals surface area contributed by atoms with Crippen LogP contribution in [0.15, 0.2) is 30.4 Å². The van der Waals surface area contributed by atoms with Crippen LogP contribution < -0.4 is 5.48 Å². The summed E-state index contributed by atoms with van der Waals surface area (Å²) in [7, 11) is 0.